The lowest BCUT2D eigenvalue weighted by Gasteiger charge is -2.13. The molecule has 0 aromatic heterocycles. The molecule has 0 saturated heterocycles. The molecule has 1 N–H and O–H groups in total. The van der Waals surface area contributed by atoms with E-state index in [0.29, 0.717) is 27.9 Å². The summed E-state index contributed by atoms with van der Waals surface area (Å²) < 4.78 is 33.8. The molecule has 30 heavy (non-hydrogen) atoms. The number of methoxy groups -OCH3 is 1. The van der Waals surface area contributed by atoms with E-state index in [-0.39, 0.29) is 11.6 Å². The highest BCUT2D eigenvalue weighted by Gasteiger charge is 2.09. The van der Waals surface area contributed by atoms with Crippen LogP contribution in [0.1, 0.15) is 18.1 Å². The number of hydrogen-bond acceptors (Lipinski definition) is 3. The summed E-state index contributed by atoms with van der Waals surface area (Å²) in [6, 6.07) is 18.3. The molecule has 0 atom stereocenters. The van der Waals surface area contributed by atoms with Gasteiger partial charge in [-0.05, 0) is 64.7 Å². The van der Waals surface area contributed by atoms with Crippen LogP contribution in [0.5, 0.6) is 5.75 Å². The summed E-state index contributed by atoms with van der Waals surface area (Å²) in [6.07, 6.45) is 2.30. The molecule has 0 amide bonds. The van der Waals surface area contributed by atoms with Gasteiger partial charge in [-0.2, -0.15) is 0 Å². The van der Waals surface area contributed by atoms with Crippen LogP contribution in [-0.2, 0) is 12.2 Å². The van der Waals surface area contributed by atoms with Gasteiger partial charge in [0, 0.05) is 22.4 Å². The number of ether oxygens (including phenoxy) is 1. The monoisotopic (exact) mass is 489 g/mol. The van der Waals surface area contributed by atoms with Crippen molar-refractivity contribution in [2.24, 2.45) is 0 Å². The van der Waals surface area contributed by atoms with Crippen molar-refractivity contribution in [2.75, 3.05) is 12.4 Å². The fraction of sp³-hybridized carbons (Fsp3) is 0.167. The van der Waals surface area contributed by atoms with Gasteiger partial charge >= 0.3 is 0 Å². The number of thioether (sulfide) groups is 1. The van der Waals surface area contributed by atoms with E-state index in [1.54, 1.807) is 23.9 Å². The van der Waals surface area contributed by atoms with Gasteiger partial charge in [0.25, 0.3) is 0 Å². The van der Waals surface area contributed by atoms with E-state index in [0.717, 1.165) is 16.3 Å². The van der Waals surface area contributed by atoms with E-state index in [9.17, 15) is 8.78 Å². The highest BCUT2D eigenvalue weighted by Crippen LogP contribution is 2.31. The molecule has 0 aliphatic heterocycles. The fourth-order valence-electron chi connectivity index (χ4n) is 2.86. The van der Waals surface area contributed by atoms with Crippen molar-refractivity contribution < 1.29 is 13.5 Å². The molecule has 2 nitrogen and oxygen atoms in total. The maximum absolute atomic E-state index is 14.3. The van der Waals surface area contributed by atoms with E-state index in [1.165, 1.54) is 24.8 Å². The van der Waals surface area contributed by atoms with E-state index in [4.69, 9.17) is 4.74 Å². The molecule has 0 fully saturated rings. The molecular formula is C24H22BrF2NOS. The molecule has 6 heteroatoms. The Morgan fingerprint density at radius 3 is 2.57 bits per heavy atom. The smallest absolute Gasteiger partial charge is 0.143 e. The Hall–Kier alpha value is -2.31. The molecule has 0 saturated carbocycles. The molecule has 0 bridgehead atoms. The zero-order chi connectivity index (χ0) is 21.5. The standard InChI is InChI=1S/C24H22BrF2NOS/c1-16(28-23-14-22(27)20(25)13-24(23)29-2)8-9-18-12-19(10-11-21(18)26)30-15-17-6-4-3-5-7-17/h3-8,10-14,28H,9,15H2,1-2H3/b16-8+. The number of nitrogens with one attached hydrogen (secondary N) is 1. The summed E-state index contributed by atoms with van der Waals surface area (Å²) in [7, 11) is 1.53. The Labute approximate surface area is 188 Å². The Morgan fingerprint density at radius 1 is 1.07 bits per heavy atom. The third kappa shape index (κ3) is 6.09. The van der Waals surface area contributed by atoms with Crippen LogP contribution in [-0.4, -0.2) is 7.11 Å². The van der Waals surface area contributed by atoms with Crippen molar-refractivity contribution in [1.82, 2.24) is 0 Å². The molecule has 0 radical (unpaired) electrons. The molecular weight excluding hydrogens is 468 g/mol. The summed E-state index contributed by atoms with van der Waals surface area (Å²) >= 11 is 4.83. The van der Waals surface area contributed by atoms with E-state index in [1.807, 2.05) is 37.3 Å². The minimum atomic E-state index is -0.389. The first-order valence-corrected chi connectivity index (χ1v) is 11.2. The average Bonchev–Trinajstić information content (AvgIpc) is 2.75. The van der Waals surface area contributed by atoms with Crippen molar-refractivity contribution >= 4 is 33.4 Å². The second-order valence-corrected chi connectivity index (χ2v) is 8.61. The average molecular weight is 490 g/mol. The lowest BCUT2D eigenvalue weighted by atomic mass is 10.1. The van der Waals surface area contributed by atoms with Crippen LogP contribution in [0.15, 0.2) is 81.8 Å². The molecule has 0 spiro atoms. The van der Waals surface area contributed by atoms with Gasteiger partial charge < -0.3 is 10.1 Å². The van der Waals surface area contributed by atoms with E-state index < -0.39 is 0 Å². The SMILES string of the molecule is COc1cc(Br)c(F)cc1N/C(C)=C/Cc1cc(SCc2ccccc2)ccc1F. The van der Waals surface area contributed by atoms with Gasteiger partial charge in [-0.25, -0.2) is 8.78 Å². The number of hydrogen-bond donors (Lipinski definition) is 1. The fourth-order valence-corrected chi connectivity index (χ4v) is 4.10. The lowest BCUT2D eigenvalue weighted by molar-refractivity contribution is 0.415. The maximum atomic E-state index is 14.3. The summed E-state index contributed by atoms with van der Waals surface area (Å²) in [5.41, 5.74) is 3.13. The molecule has 0 heterocycles. The molecule has 3 aromatic carbocycles. The molecule has 3 aromatic rings. The lowest BCUT2D eigenvalue weighted by Crippen LogP contribution is -2.01. The molecule has 3 rings (SSSR count). The number of halogens is 3. The van der Waals surface area contributed by atoms with Crippen LogP contribution in [0, 0.1) is 11.6 Å². The molecule has 0 unspecified atom stereocenters. The summed E-state index contributed by atoms with van der Waals surface area (Å²) in [5, 5.41) is 3.13. The molecule has 0 aliphatic carbocycles. The predicted molar refractivity (Wildman–Crippen MR) is 124 cm³/mol. The van der Waals surface area contributed by atoms with Crippen LogP contribution in [0.25, 0.3) is 0 Å². The summed E-state index contributed by atoms with van der Waals surface area (Å²) in [5.74, 6) is 0.717. The highest BCUT2D eigenvalue weighted by atomic mass is 79.9. The van der Waals surface area contributed by atoms with Crippen molar-refractivity contribution in [3.63, 3.8) is 0 Å². The van der Waals surface area contributed by atoms with Gasteiger partial charge in [-0.15, -0.1) is 11.8 Å². The first-order chi connectivity index (χ1) is 14.5. The number of benzene rings is 3. The van der Waals surface area contributed by atoms with E-state index in [2.05, 4.69) is 33.4 Å². The summed E-state index contributed by atoms with van der Waals surface area (Å²) in [4.78, 5) is 1.02. The number of rotatable bonds is 8. The number of allylic oxidation sites excluding steroid dienone is 2. The Morgan fingerprint density at radius 2 is 1.83 bits per heavy atom. The van der Waals surface area contributed by atoms with Crippen molar-refractivity contribution in [2.45, 2.75) is 24.0 Å². The Kier molecular flexibility index (Phi) is 7.94. The van der Waals surface area contributed by atoms with Gasteiger partial charge in [0.15, 0.2) is 0 Å². The maximum Gasteiger partial charge on any atom is 0.143 e. The Bertz CT molecular complexity index is 1040. The van der Waals surface area contributed by atoms with E-state index >= 15 is 0 Å². The predicted octanol–water partition coefficient (Wildman–Crippen LogP) is 7.59. The minimum absolute atomic E-state index is 0.240. The third-order valence-corrected chi connectivity index (χ3v) is 6.14. The highest BCUT2D eigenvalue weighted by molar-refractivity contribution is 9.10. The van der Waals surface area contributed by atoms with Crippen molar-refractivity contribution in [3.8, 4) is 5.75 Å². The second-order valence-electron chi connectivity index (χ2n) is 6.71. The van der Waals surface area contributed by atoms with Crippen molar-refractivity contribution in [3.05, 3.63) is 99.7 Å². The van der Waals surface area contributed by atoms with Crippen LogP contribution < -0.4 is 10.1 Å². The van der Waals surface area contributed by atoms with Crippen LogP contribution in [0.3, 0.4) is 0 Å². The number of anilines is 1. The van der Waals surface area contributed by atoms with Gasteiger partial charge in [-0.1, -0.05) is 36.4 Å². The van der Waals surface area contributed by atoms with Crippen LogP contribution >= 0.6 is 27.7 Å². The molecule has 0 aliphatic rings. The molecule has 156 valence electrons. The first-order valence-electron chi connectivity index (χ1n) is 9.38. The van der Waals surface area contributed by atoms with Crippen molar-refractivity contribution in [1.29, 1.82) is 0 Å². The quantitative estimate of drug-likeness (QED) is 0.329. The minimum Gasteiger partial charge on any atom is -0.495 e. The third-order valence-electron chi connectivity index (χ3n) is 4.47. The van der Waals surface area contributed by atoms with Crippen LogP contribution in [0.4, 0.5) is 14.5 Å². The topological polar surface area (TPSA) is 21.3 Å². The normalized spacial score (nSPS) is 11.4. The second kappa shape index (κ2) is 10.6. The zero-order valence-electron chi connectivity index (χ0n) is 16.7. The summed E-state index contributed by atoms with van der Waals surface area (Å²) in [6.45, 7) is 1.85. The van der Waals surface area contributed by atoms with Gasteiger partial charge in [0.05, 0.1) is 17.3 Å². The van der Waals surface area contributed by atoms with Crippen LogP contribution in [0.2, 0.25) is 0 Å². The Balaban J connectivity index is 1.68. The largest absolute Gasteiger partial charge is 0.495 e. The first kappa shape index (κ1) is 22.4. The van der Waals surface area contributed by atoms with Gasteiger partial charge in [0.1, 0.15) is 17.4 Å². The van der Waals surface area contributed by atoms with Gasteiger partial charge in [0.2, 0.25) is 0 Å². The van der Waals surface area contributed by atoms with Gasteiger partial charge in [-0.3, -0.25) is 0 Å². The zero-order valence-corrected chi connectivity index (χ0v) is 19.1.